The highest BCUT2D eigenvalue weighted by Crippen LogP contribution is 2.22. The van der Waals surface area contributed by atoms with Crippen LogP contribution in [0.15, 0.2) is 36.4 Å². The van der Waals surface area contributed by atoms with E-state index in [-0.39, 0.29) is 0 Å². The first-order chi connectivity index (χ1) is 9.13. The van der Waals surface area contributed by atoms with Gasteiger partial charge in [0.05, 0.1) is 4.34 Å². The van der Waals surface area contributed by atoms with E-state index in [1.807, 2.05) is 30.3 Å². The highest BCUT2D eigenvalue weighted by Gasteiger charge is 2.03. The Bertz CT molecular complexity index is 528. The van der Waals surface area contributed by atoms with Crippen LogP contribution in [0.2, 0.25) is 9.36 Å². The van der Waals surface area contributed by atoms with Gasteiger partial charge in [0, 0.05) is 35.2 Å². The molecule has 0 aliphatic carbocycles. The molecule has 1 aromatic heterocycles. The van der Waals surface area contributed by atoms with Gasteiger partial charge in [0.1, 0.15) is 0 Å². The fourth-order valence-electron chi connectivity index (χ4n) is 1.77. The van der Waals surface area contributed by atoms with Crippen molar-refractivity contribution < 1.29 is 0 Å². The minimum absolute atomic E-state index is 0.756. The van der Waals surface area contributed by atoms with Crippen LogP contribution in [-0.4, -0.2) is 25.0 Å². The zero-order valence-electron chi connectivity index (χ0n) is 10.7. The molecule has 0 aliphatic rings. The van der Waals surface area contributed by atoms with Gasteiger partial charge in [-0.05, 0) is 37.4 Å². The number of nitrogens with one attached hydrogen (secondary N) is 1. The Kier molecular flexibility index (Phi) is 5.52. The van der Waals surface area contributed by atoms with Crippen molar-refractivity contribution in [1.82, 2.24) is 4.90 Å². The lowest BCUT2D eigenvalue weighted by molar-refractivity contribution is 0.343. The molecule has 1 aromatic carbocycles. The van der Waals surface area contributed by atoms with Gasteiger partial charge < -0.3 is 5.32 Å². The highest BCUT2D eigenvalue weighted by atomic mass is 35.5. The third-order valence-electron chi connectivity index (χ3n) is 2.70. The summed E-state index contributed by atoms with van der Waals surface area (Å²) in [6, 6.07) is 11.8. The van der Waals surface area contributed by atoms with Crippen molar-refractivity contribution in [2.75, 3.05) is 25.5 Å². The van der Waals surface area contributed by atoms with Crippen molar-refractivity contribution in [3.05, 3.63) is 50.6 Å². The summed E-state index contributed by atoms with van der Waals surface area (Å²) in [5, 5.41) is 4.11. The molecule has 0 saturated heterocycles. The van der Waals surface area contributed by atoms with E-state index < -0.39 is 0 Å². The van der Waals surface area contributed by atoms with E-state index in [2.05, 4.69) is 23.3 Å². The summed E-state index contributed by atoms with van der Waals surface area (Å²) in [5.74, 6) is 0. The maximum Gasteiger partial charge on any atom is 0.0931 e. The number of hydrogen-bond donors (Lipinski definition) is 1. The zero-order chi connectivity index (χ0) is 13.7. The summed E-state index contributed by atoms with van der Waals surface area (Å²) < 4.78 is 0.848. The van der Waals surface area contributed by atoms with Crippen molar-refractivity contribution >= 4 is 40.2 Å². The second-order valence-corrected chi connectivity index (χ2v) is 6.62. The number of likely N-dealkylation sites (N-methyl/N-ethyl adjacent to an activating group) is 1. The van der Waals surface area contributed by atoms with Gasteiger partial charge in [0.15, 0.2) is 0 Å². The van der Waals surface area contributed by atoms with Crippen LogP contribution in [0.1, 0.15) is 4.88 Å². The topological polar surface area (TPSA) is 15.3 Å². The maximum atomic E-state index is 5.93. The van der Waals surface area contributed by atoms with Crippen molar-refractivity contribution in [3.63, 3.8) is 0 Å². The molecule has 0 saturated carbocycles. The summed E-state index contributed by atoms with van der Waals surface area (Å²) in [4.78, 5) is 3.55. The number of thiophene rings is 1. The molecule has 0 unspecified atom stereocenters. The molecule has 0 atom stereocenters. The Hall–Kier alpha value is -0.740. The molecule has 102 valence electrons. The van der Waals surface area contributed by atoms with Crippen molar-refractivity contribution in [2.45, 2.75) is 6.54 Å². The van der Waals surface area contributed by atoms with Crippen molar-refractivity contribution in [2.24, 2.45) is 0 Å². The molecule has 19 heavy (non-hydrogen) atoms. The van der Waals surface area contributed by atoms with Gasteiger partial charge >= 0.3 is 0 Å². The Morgan fingerprint density at radius 1 is 1.21 bits per heavy atom. The quantitative estimate of drug-likeness (QED) is 0.838. The number of benzene rings is 1. The van der Waals surface area contributed by atoms with Crippen molar-refractivity contribution in [3.8, 4) is 0 Å². The maximum absolute atomic E-state index is 5.93. The van der Waals surface area contributed by atoms with Gasteiger partial charge in [0.2, 0.25) is 0 Å². The lowest BCUT2D eigenvalue weighted by atomic mass is 10.3. The average Bonchev–Trinajstić information content (AvgIpc) is 2.75. The SMILES string of the molecule is CN(CCNc1cccc(Cl)c1)Cc1ccc(Cl)s1. The van der Waals surface area contributed by atoms with E-state index >= 15 is 0 Å². The van der Waals surface area contributed by atoms with E-state index in [0.29, 0.717) is 0 Å². The van der Waals surface area contributed by atoms with E-state index in [1.165, 1.54) is 4.88 Å². The second-order valence-electron chi connectivity index (χ2n) is 4.38. The molecule has 0 amide bonds. The number of nitrogens with zero attached hydrogens (tertiary/aromatic N) is 1. The van der Waals surface area contributed by atoms with E-state index in [0.717, 1.165) is 34.7 Å². The lowest BCUT2D eigenvalue weighted by Crippen LogP contribution is -2.24. The van der Waals surface area contributed by atoms with Crippen LogP contribution in [0.25, 0.3) is 0 Å². The molecule has 1 N–H and O–H groups in total. The second kappa shape index (κ2) is 7.15. The van der Waals surface area contributed by atoms with E-state index in [1.54, 1.807) is 11.3 Å². The first-order valence-corrected chi connectivity index (χ1v) is 7.63. The monoisotopic (exact) mass is 314 g/mol. The molecule has 0 spiro atoms. The number of rotatable bonds is 6. The van der Waals surface area contributed by atoms with Gasteiger partial charge in [-0.1, -0.05) is 29.3 Å². The van der Waals surface area contributed by atoms with Crippen LogP contribution in [0.4, 0.5) is 5.69 Å². The van der Waals surface area contributed by atoms with Gasteiger partial charge in [0.25, 0.3) is 0 Å². The fourth-order valence-corrected chi connectivity index (χ4v) is 3.13. The zero-order valence-corrected chi connectivity index (χ0v) is 13.0. The average molecular weight is 315 g/mol. The minimum Gasteiger partial charge on any atom is -0.384 e. The molecule has 2 nitrogen and oxygen atoms in total. The van der Waals surface area contributed by atoms with E-state index in [9.17, 15) is 0 Å². The highest BCUT2D eigenvalue weighted by molar-refractivity contribution is 7.16. The van der Waals surface area contributed by atoms with Crippen LogP contribution < -0.4 is 5.32 Å². The lowest BCUT2D eigenvalue weighted by Gasteiger charge is -2.16. The third-order valence-corrected chi connectivity index (χ3v) is 4.15. The van der Waals surface area contributed by atoms with Crippen molar-refractivity contribution in [1.29, 1.82) is 0 Å². The Morgan fingerprint density at radius 3 is 2.74 bits per heavy atom. The van der Waals surface area contributed by atoms with Crippen LogP contribution in [0.5, 0.6) is 0 Å². The minimum atomic E-state index is 0.756. The molecular weight excluding hydrogens is 299 g/mol. The van der Waals surface area contributed by atoms with Crippen LogP contribution in [0.3, 0.4) is 0 Å². The summed E-state index contributed by atoms with van der Waals surface area (Å²) in [6.07, 6.45) is 0. The molecule has 0 aliphatic heterocycles. The first-order valence-electron chi connectivity index (χ1n) is 6.06. The number of hydrogen-bond acceptors (Lipinski definition) is 3. The van der Waals surface area contributed by atoms with Gasteiger partial charge in [-0.15, -0.1) is 11.3 Å². The Morgan fingerprint density at radius 2 is 2.05 bits per heavy atom. The van der Waals surface area contributed by atoms with E-state index in [4.69, 9.17) is 23.2 Å². The number of halogens is 2. The summed E-state index contributed by atoms with van der Waals surface area (Å²) >= 11 is 13.5. The standard InChI is InChI=1S/C14H16Cl2N2S/c1-18(10-13-5-6-14(16)19-13)8-7-17-12-4-2-3-11(15)9-12/h2-6,9,17H,7-8,10H2,1H3. The molecular formula is C14H16Cl2N2S. The third kappa shape index (κ3) is 5.03. The molecule has 0 radical (unpaired) electrons. The predicted molar refractivity (Wildman–Crippen MR) is 85.6 cm³/mol. The van der Waals surface area contributed by atoms with Crippen LogP contribution in [0, 0.1) is 0 Å². The summed E-state index contributed by atoms with van der Waals surface area (Å²) in [5.41, 5.74) is 1.06. The smallest absolute Gasteiger partial charge is 0.0931 e. The fraction of sp³-hybridized carbons (Fsp3) is 0.286. The molecule has 1 heterocycles. The predicted octanol–water partition coefficient (Wildman–Crippen LogP) is 4.60. The first kappa shape index (κ1) is 14.7. The molecule has 5 heteroatoms. The largest absolute Gasteiger partial charge is 0.384 e. The van der Waals surface area contributed by atoms with Crippen LogP contribution in [-0.2, 0) is 6.54 Å². The molecule has 0 fully saturated rings. The Labute approximate surface area is 128 Å². The van der Waals surface area contributed by atoms with Gasteiger partial charge in [-0.3, -0.25) is 4.90 Å². The van der Waals surface area contributed by atoms with Gasteiger partial charge in [-0.25, -0.2) is 0 Å². The Balaban J connectivity index is 1.73. The molecule has 0 bridgehead atoms. The van der Waals surface area contributed by atoms with Gasteiger partial charge in [-0.2, -0.15) is 0 Å². The van der Waals surface area contributed by atoms with Crippen LogP contribution >= 0.6 is 34.5 Å². The summed E-state index contributed by atoms with van der Waals surface area (Å²) in [6.45, 7) is 2.77. The molecule has 2 aromatic rings. The number of anilines is 1. The normalized spacial score (nSPS) is 10.9. The molecule has 2 rings (SSSR count). The summed E-state index contributed by atoms with van der Waals surface area (Å²) in [7, 11) is 2.10.